The molecule has 0 saturated heterocycles. The fourth-order valence-corrected chi connectivity index (χ4v) is 2.42. The normalized spacial score (nSPS) is 12.2. The molecule has 0 saturated carbocycles. The molecule has 0 bridgehead atoms. The Morgan fingerprint density at radius 1 is 1.30 bits per heavy atom. The molecular weight excluding hydrogens is 280 g/mol. The number of carbonyl (C=O) groups is 1. The van der Waals surface area contributed by atoms with E-state index in [1.165, 1.54) is 6.07 Å². The number of carboxylic acids is 1. The minimum atomic E-state index is -3.28. The van der Waals surface area contributed by atoms with Crippen LogP contribution in [0, 0.1) is 6.92 Å². The Kier molecular flexibility index (Phi) is 4.81. The summed E-state index contributed by atoms with van der Waals surface area (Å²) in [4.78, 5) is 11.1. The van der Waals surface area contributed by atoms with Crippen molar-refractivity contribution in [3.63, 3.8) is 0 Å². The summed E-state index contributed by atoms with van der Waals surface area (Å²) >= 11 is 0. The maximum atomic E-state index is 11.9. The van der Waals surface area contributed by atoms with Crippen molar-refractivity contribution in [1.29, 1.82) is 0 Å². The second-order valence-corrected chi connectivity index (χ2v) is 8.45. The number of aromatic carboxylic acids is 1. The van der Waals surface area contributed by atoms with Crippen LogP contribution in [0.15, 0.2) is 18.2 Å². The van der Waals surface area contributed by atoms with Gasteiger partial charge in [-0.05, 0) is 39.8 Å². The van der Waals surface area contributed by atoms with Gasteiger partial charge in [0.15, 0.2) is 9.84 Å². The van der Waals surface area contributed by atoms with E-state index < -0.39 is 20.6 Å². The first kappa shape index (κ1) is 16.5. The number of sulfone groups is 1. The topological polar surface area (TPSA) is 80.7 Å². The zero-order chi connectivity index (χ0) is 15.6. The van der Waals surface area contributed by atoms with Crippen molar-refractivity contribution in [2.75, 3.05) is 12.4 Å². The van der Waals surface area contributed by atoms with Gasteiger partial charge in [-0.1, -0.05) is 11.6 Å². The van der Waals surface area contributed by atoms with Gasteiger partial charge in [0.25, 0.3) is 0 Å². The number of ether oxygens (including phenoxy) is 1. The van der Waals surface area contributed by atoms with Gasteiger partial charge in [-0.2, -0.15) is 0 Å². The van der Waals surface area contributed by atoms with Gasteiger partial charge in [-0.3, -0.25) is 0 Å². The average Bonchev–Trinajstić information content (AvgIpc) is 2.29. The first-order valence-electron chi connectivity index (χ1n) is 6.23. The molecule has 5 nitrogen and oxygen atoms in total. The Morgan fingerprint density at radius 3 is 2.40 bits per heavy atom. The minimum absolute atomic E-state index is 0.0400. The molecular formula is C14H20O5S. The first-order chi connectivity index (χ1) is 9.04. The van der Waals surface area contributed by atoms with Gasteiger partial charge in [0, 0.05) is 0 Å². The number of hydrogen-bond acceptors (Lipinski definition) is 4. The maximum absolute atomic E-state index is 11.9. The Balaban J connectivity index is 2.80. The molecule has 1 rings (SSSR count). The number of carboxylic acid groups (broad SMARTS) is 1. The summed E-state index contributed by atoms with van der Waals surface area (Å²) in [6.45, 7) is 6.58. The van der Waals surface area contributed by atoms with Crippen molar-refractivity contribution < 1.29 is 23.1 Å². The highest BCUT2D eigenvalue weighted by atomic mass is 32.2. The van der Waals surface area contributed by atoms with Crippen molar-refractivity contribution in [3.05, 3.63) is 29.3 Å². The standard InChI is InChI=1S/C14H20O5S/c1-10-5-6-12(11(9-10)13(15)16)19-7-8-20(17,18)14(2,3)4/h5-6,9H,7-8H2,1-4H3,(H,15,16). The molecule has 0 amide bonds. The first-order valence-corrected chi connectivity index (χ1v) is 7.89. The average molecular weight is 300 g/mol. The van der Waals surface area contributed by atoms with E-state index in [1.54, 1.807) is 39.8 Å². The van der Waals surface area contributed by atoms with Crippen LogP contribution in [0.3, 0.4) is 0 Å². The van der Waals surface area contributed by atoms with Gasteiger partial charge >= 0.3 is 5.97 Å². The second kappa shape index (κ2) is 5.83. The van der Waals surface area contributed by atoms with Gasteiger partial charge in [0.1, 0.15) is 17.9 Å². The van der Waals surface area contributed by atoms with Gasteiger partial charge in [-0.25, -0.2) is 13.2 Å². The lowest BCUT2D eigenvalue weighted by Gasteiger charge is -2.19. The predicted molar refractivity (Wildman–Crippen MR) is 77.2 cm³/mol. The van der Waals surface area contributed by atoms with Crippen molar-refractivity contribution in [2.24, 2.45) is 0 Å². The van der Waals surface area contributed by atoms with Gasteiger partial charge in [0.05, 0.1) is 10.5 Å². The summed E-state index contributed by atoms with van der Waals surface area (Å²) in [7, 11) is -3.28. The van der Waals surface area contributed by atoms with Gasteiger partial charge in [-0.15, -0.1) is 0 Å². The molecule has 1 N–H and O–H groups in total. The molecule has 0 spiro atoms. The lowest BCUT2D eigenvalue weighted by Crippen LogP contribution is -2.32. The monoisotopic (exact) mass is 300 g/mol. The van der Waals surface area contributed by atoms with Crippen LogP contribution >= 0.6 is 0 Å². The lowest BCUT2D eigenvalue weighted by molar-refractivity contribution is 0.0692. The van der Waals surface area contributed by atoms with Gasteiger partial charge < -0.3 is 9.84 Å². The highest BCUT2D eigenvalue weighted by Crippen LogP contribution is 2.21. The third kappa shape index (κ3) is 3.96. The van der Waals surface area contributed by atoms with Crippen LogP contribution in [0.2, 0.25) is 0 Å². The summed E-state index contributed by atoms with van der Waals surface area (Å²) in [5.74, 6) is -1.06. The Labute approximate surface area is 119 Å². The molecule has 1 aromatic carbocycles. The summed E-state index contributed by atoms with van der Waals surface area (Å²) < 4.78 is 28.3. The molecule has 0 atom stereocenters. The molecule has 0 aliphatic rings. The van der Waals surface area contributed by atoms with Gasteiger partial charge in [0.2, 0.25) is 0 Å². The summed E-state index contributed by atoms with van der Waals surface area (Å²) in [6, 6.07) is 4.76. The molecule has 112 valence electrons. The molecule has 0 radical (unpaired) electrons. The molecule has 0 unspecified atom stereocenters. The fourth-order valence-electron chi connectivity index (χ4n) is 1.50. The Bertz CT molecular complexity index is 596. The molecule has 0 aromatic heterocycles. The quantitative estimate of drug-likeness (QED) is 0.902. The summed E-state index contributed by atoms with van der Waals surface area (Å²) in [5, 5.41) is 9.08. The van der Waals surface area contributed by atoms with Crippen molar-refractivity contribution >= 4 is 15.8 Å². The highest BCUT2D eigenvalue weighted by molar-refractivity contribution is 7.92. The number of hydrogen-bond donors (Lipinski definition) is 1. The van der Waals surface area contributed by atoms with E-state index in [0.29, 0.717) is 0 Å². The van der Waals surface area contributed by atoms with Crippen molar-refractivity contribution in [3.8, 4) is 5.75 Å². The number of benzene rings is 1. The third-order valence-corrected chi connectivity index (χ3v) is 5.48. The molecule has 1 aromatic rings. The van der Waals surface area contributed by atoms with E-state index in [9.17, 15) is 13.2 Å². The zero-order valence-corrected chi connectivity index (χ0v) is 13.0. The smallest absolute Gasteiger partial charge is 0.339 e. The maximum Gasteiger partial charge on any atom is 0.339 e. The fraction of sp³-hybridized carbons (Fsp3) is 0.500. The van der Waals surface area contributed by atoms with Crippen LogP contribution in [0.25, 0.3) is 0 Å². The van der Waals surface area contributed by atoms with Crippen LogP contribution in [0.1, 0.15) is 36.7 Å². The van der Waals surface area contributed by atoms with Crippen LogP contribution < -0.4 is 4.74 Å². The van der Waals surface area contributed by atoms with Crippen LogP contribution in [-0.4, -0.2) is 36.6 Å². The van der Waals surface area contributed by atoms with Crippen LogP contribution in [-0.2, 0) is 9.84 Å². The summed E-state index contributed by atoms with van der Waals surface area (Å²) in [6.07, 6.45) is 0. The van der Waals surface area contributed by atoms with Crippen LogP contribution in [0.4, 0.5) is 0 Å². The van der Waals surface area contributed by atoms with E-state index in [4.69, 9.17) is 9.84 Å². The largest absolute Gasteiger partial charge is 0.492 e. The molecule has 6 heteroatoms. The van der Waals surface area contributed by atoms with E-state index in [1.807, 2.05) is 0 Å². The molecule has 0 heterocycles. The number of rotatable bonds is 5. The van der Waals surface area contributed by atoms with E-state index in [0.717, 1.165) is 5.56 Å². The summed E-state index contributed by atoms with van der Waals surface area (Å²) in [5.41, 5.74) is 0.843. The second-order valence-electron chi connectivity index (χ2n) is 5.58. The third-order valence-electron chi connectivity index (χ3n) is 2.91. The zero-order valence-electron chi connectivity index (χ0n) is 12.1. The predicted octanol–water partition coefficient (Wildman–Crippen LogP) is 2.29. The van der Waals surface area contributed by atoms with E-state index in [-0.39, 0.29) is 23.7 Å². The molecule has 0 fully saturated rings. The van der Waals surface area contributed by atoms with Crippen molar-refractivity contribution in [1.82, 2.24) is 0 Å². The molecule has 0 aliphatic heterocycles. The molecule has 0 aliphatic carbocycles. The number of aryl methyl sites for hydroxylation is 1. The van der Waals surface area contributed by atoms with Crippen molar-refractivity contribution in [2.45, 2.75) is 32.4 Å². The Morgan fingerprint density at radius 2 is 1.90 bits per heavy atom. The SMILES string of the molecule is Cc1ccc(OCCS(=O)(=O)C(C)(C)C)c(C(=O)O)c1. The van der Waals surface area contributed by atoms with Crippen LogP contribution in [0.5, 0.6) is 5.75 Å². The lowest BCUT2D eigenvalue weighted by atomic mass is 10.1. The molecule has 20 heavy (non-hydrogen) atoms. The van der Waals surface area contributed by atoms with E-state index in [2.05, 4.69) is 0 Å². The highest BCUT2D eigenvalue weighted by Gasteiger charge is 2.28. The Hall–Kier alpha value is -1.56. The van der Waals surface area contributed by atoms with E-state index >= 15 is 0 Å². The minimum Gasteiger partial charge on any atom is -0.492 e.